The number of benzene rings is 1. The number of hydrogen-bond acceptors (Lipinski definition) is 6. The Balaban J connectivity index is 1.32. The van der Waals surface area contributed by atoms with E-state index in [4.69, 9.17) is 16.3 Å². The van der Waals surface area contributed by atoms with E-state index in [1.165, 1.54) is 6.26 Å². The lowest BCUT2D eigenvalue weighted by atomic mass is 9.84. The lowest BCUT2D eigenvalue weighted by molar-refractivity contribution is -0.0254. The number of halogens is 1. The van der Waals surface area contributed by atoms with Crippen LogP contribution in [0.5, 0.6) is 5.88 Å². The van der Waals surface area contributed by atoms with Gasteiger partial charge in [0.1, 0.15) is 11.0 Å². The second-order valence-electron chi connectivity index (χ2n) is 9.55. The van der Waals surface area contributed by atoms with Crippen molar-refractivity contribution < 1.29 is 18.3 Å². The van der Waals surface area contributed by atoms with Crippen molar-refractivity contribution in [3.05, 3.63) is 100 Å². The third kappa shape index (κ3) is 5.20. The third-order valence-corrected chi connectivity index (χ3v) is 8.65. The fourth-order valence-corrected chi connectivity index (χ4v) is 6.16. The van der Waals surface area contributed by atoms with Crippen LogP contribution in [0.3, 0.4) is 0 Å². The number of ether oxygens (including phenoxy) is 1. The van der Waals surface area contributed by atoms with E-state index in [1.807, 2.05) is 42.5 Å². The Morgan fingerprint density at radius 3 is 2.69 bits per heavy atom. The predicted octanol–water partition coefficient (Wildman–Crippen LogP) is 4.68. The Kier molecular flexibility index (Phi) is 6.92. The molecule has 0 bridgehead atoms. The van der Waals surface area contributed by atoms with Crippen LogP contribution in [0.2, 0.25) is 5.02 Å². The lowest BCUT2D eigenvalue weighted by Gasteiger charge is -2.38. The van der Waals surface area contributed by atoms with Gasteiger partial charge < -0.3 is 14.7 Å². The first kappa shape index (κ1) is 25.0. The number of likely N-dealkylation sites (tertiary alicyclic amines) is 1. The molecule has 1 atom stereocenters. The first-order valence-electron chi connectivity index (χ1n) is 12.1. The van der Waals surface area contributed by atoms with Crippen molar-refractivity contribution in [2.24, 2.45) is 0 Å². The SMILES string of the molecule is CS(=O)(=O)C1C=CC=C2Oc3ncccc3C(=CCCN3CCC(O)(c4ccc(Cl)cc4)CC3)C=C21. The van der Waals surface area contributed by atoms with Crippen LogP contribution in [0.4, 0.5) is 0 Å². The summed E-state index contributed by atoms with van der Waals surface area (Å²) in [5.41, 5.74) is 2.44. The van der Waals surface area contributed by atoms with Gasteiger partial charge in [-0.1, -0.05) is 42.0 Å². The van der Waals surface area contributed by atoms with Crippen LogP contribution in [0.25, 0.3) is 5.57 Å². The second kappa shape index (κ2) is 9.98. The zero-order valence-corrected chi connectivity index (χ0v) is 21.7. The van der Waals surface area contributed by atoms with Gasteiger partial charge in [0.2, 0.25) is 5.88 Å². The molecule has 1 fully saturated rings. The molecule has 8 heteroatoms. The minimum atomic E-state index is -3.36. The van der Waals surface area contributed by atoms with E-state index in [0.717, 1.165) is 42.8 Å². The molecule has 2 aromatic rings. The Morgan fingerprint density at radius 1 is 1.22 bits per heavy atom. The number of aliphatic hydroxyl groups is 1. The average molecular weight is 525 g/mol. The topological polar surface area (TPSA) is 79.7 Å². The van der Waals surface area contributed by atoms with E-state index < -0.39 is 20.7 Å². The maximum Gasteiger partial charge on any atom is 0.227 e. The second-order valence-corrected chi connectivity index (χ2v) is 12.2. The maximum atomic E-state index is 12.5. The van der Waals surface area contributed by atoms with Crippen molar-refractivity contribution in [1.29, 1.82) is 0 Å². The van der Waals surface area contributed by atoms with Gasteiger partial charge in [0, 0.05) is 48.2 Å². The van der Waals surface area contributed by atoms with Crippen molar-refractivity contribution in [1.82, 2.24) is 9.88 Å². The molecule has 1 aromatic heterocycles. The normalized spacial score (nSPS) is 22.6. The number of nitrogens with zero attached hydrogens (tertiary/aromatic N) is 2. The number of aromatic nitrogens is 1. The molecule has 0 amide bonds. The minimum absolute atomic E-state index is 0.467. The zero-order chi connectivity index (χ0) is 25.3. The Bertz CT molecular complexity index is 1370. The number of sulfone groups is 1. The van der Waals surface area contributed by atoms with Crippen LogP contribution in [-0.2, 0) is 15.4 Å². The van der Waals surface area contributed by atoms with Crippen LogP contribution < -0.4 is 4.74 Å². The van der Waals surface area contributed by atoms with Crippen LogP contribution in [0.15, 0.2) is 84.3 Å². The van der Waals surface area contributed by atoms with Crippen molar-refractivity contribution in [2.45, 2.75) is 30.1 Å². The number of piperidine rings is 1. The highest BCUT2D eigenvalue weighted by Crippen LogP contribution is 2.38. The molecule has 0 spiro atoms. The van der Waals surface area contributed by atoms with E-state index >= 15 is 0 Å². The largest absolute Gasteiger partial charge is 0.438 e. The zero-order valence-electron chi connectivity index (χ0n) is 20.1. The molecule has 1 saturated heterocycles. The summed E-state index contributed by atoms with van der Waals surface area (Å²) in [5.74, 6) is 0.976. The molecule has 1 aromatic carbocycles. The number of allylic oxidation sites excluding steroid dienone is 5. The van der Waals surface area contributed by atoms with E-state index in [-0.39, 0.29) is 0 Å². The molecule has 3 heterocycles. The summed E-state index contributed by atoms with van der Waals surface area (Å²) in [5, 5.41) is 11.1. The monoisotopic (exact) mass is 524 g/mol. The molecule has 1 N–H and O–H groups in total. The first-order valence-corrected chi connectivity index (χ1v) is 14.4. The molecule has 1 aliphatic carbocycles. The number of hydrogen-bond donors (Lipinski definition) is 1. The molecular weight excluding hydrogens is 496 g/mol. The number of pyridine rings is 1. The molecule has 0 saturated carbocycles. The molecule has 6 nitrogen and oxygen atoms in total. The van der Waals surface area contributed by atoms with Crippen molar-refractivity contribution in [3.8, 4) is 5.88 Å². The van der Waals surface area contributed by atoms with Crippen molar-refractivity contribution >= 4 is 27.0 Å². The van der Waals surface area contributed by atoms with Crippen molar-refractivity contribution in [2.75, 3.05) is 25.9 Å². The quantitative estimate of drug-likeness (QED) is 0.612. The van der Waals surface area contributed by atoms with Gasteiger partial charge in [-0.2, -0.15) is 0 Å². The van der Waals surface area contributed by atoms with Gasteiger partial charge in [-0.05, 0) is 66.8 Å². The smallest absolute Gasteiger partial charge is 0.227 e. The predicted molar refractivity (Wildman–Crippen MR) is 142 cm³/mol. The summed E-state index contributed by atoms with van der Waals surface area (Å²) in [7, 11) is -3.36. The summed E-state index contributed by atoms with van der Waals surface area (Å²) >= 11 is 6.00. The maximum absolute atomic E-state index is 12.5. The Hall–Kier alpha value is -2.71. The van der Waals surface area contributed by atoms with Crippen LogP contribution in [0.1, 0.15) is 30.4 Å². The van der Waals surface area contributed by atoms with Crippen LogP contribution in [-0.4, -0.2) is 54.5 Å². The minimum Gasteiger partial charge on any atom is -0.438 e. The van der Waals surface area contributed by atoms with Gasteiger partial charge >= 0.3 is 0 Å². The van der Waals surface area contributed by atoms with Gasteiger partial charge in [0.15, 0.2) is 9.84 Å². The molecule has 1 unspecified atom stereocenters. The van der Waals surface area contributed by atoms with Crippen LogP contribution in [0, 0.1) is 0 Å². The molecule has 2 aliphatic heterocycles. The summed E-state index contributed by atoms with van der Waals surface area (Å²) < 4.78 is 31.0. The standard InChI is InChI=1S/C28H29ClN2O4S/c1-36(33,34)26-8-2-7-25-24(26)19-20(23-6-3-15-30-27(23)35-25)5-4-16-31-17-13-28(32,14-18-31)21-9-11-22(29)12-10-21/h2-3,5-12,15,19,26,32H,4,13-14,16-18H2,1H3. The molecule has 36 heavy (non-hydrogen) atoms. The van der Waals surface area contributed by atoms with E-state index in [2.05, 4.69) is 16.0 Å². The average Bonchev–Trinajstić information content (AvgIpc) is 3.01. The highest BCUT2D eigenvalue weighted by molar-refractivity contribution is 7.91. The third-order valence-electron chi connectivity index (χ3n) is 7.06. The highest BCUT2D eigenvalue weighted by Gasteiger charge is 2.34. The van der Waals surface area contributed by atoms with Gasteiger partial charge in [-0.3, -0.25) is 0 Å². The molecular formula is C28H29ClN2O4S. The fourth-order valence-electron chi connectivity index (χ4n) is 5.01. The molecule has 5 rings (SSSR count). The highest BCUT2D eigenvalue weighted by atomic mass is 35.5. The van der Waals surface area contributed by atoms with E-state index in [0.29, 0.717) is 35.1 Å². The van der Waals surface area contributed by atoms with Crippen molar-refractivity contribution in [3.63, 3.8) is 0 Å². The summed E-state index contributed by atoms with van der Waals surface area (Å²) in [6, 6.07) is 11.3. The number of rotatable bonds is 5. The summed E-state index contributed by atoms with van der Waals surface area (Å²) in [4.78, 5) is 6.75. The van der Waals surface area contributed by atoms with Gasteiger partial charge in [0.05, 0.1) is 5.60 Å². The van der Waals surface area contributed by atoms with Gasteiger partial charge in [-0.15, -0.1) is 0 Å². The first-order chi connectivity index (χ1) is 17.2. The van der Waals surface area contributed by atoms with Gasteiger partial charge in [0.25, 0.3) is 0 Å². The summed E-state index contributed by atoms with van der Waals surface area (Å²) in [6.07, 6.45) is 14.2. The molecule has 188 valence electrons. The molecule has 0 radical (unpaired) electrons. The fraction of sp³-hybridized carbons (Fsp3) is 0.321. The Morgan fingerprint density at radius 2 is 1.97 bits per heavy atom. The number of fused-ring (bicyclic) bond motifs is 2. The van der Waals surface area contributed by atoms with Gasteiger partial charge in [-0.25, -0.2) is 13.4 Å². The summed E-state index contributed by atoms with van der Waals surface area (Å²) in [6.45, 7) is 2.41. The molecule has 3 aliphatic rings. The Labute approximate surface area is 217 Å². The van der Waals surface area contributed by atoms with E-state index in [9.17, 15) is 13.5 Å². The lowest BCUT2D eigenvalue weighted by Crippen LogP contribution is -2.42. The van der Waals surface area contributed by atoms with E-state index in [1.54, 1.807) is 24.4 Å². The van der Waals surface area contributed by atoms with Crippen LogP contribution >= 0.6 is 11.6 Å².